The summed E-state index contributed by atoms with van der Waals surface area (Å²) >= 11 is 0. The Morgan fingerprint density at radius 3 is 2.53 bits per heavy atom. The van der Waals surface area contributed by atoms with E-state index in [1.54, 1.807) is 14.0 Å². The fraction of sp³-hybridized carbons (Fsp3) is 0.667. The standard InChI is InChI=1S/C12H19N5O2/c1-8-10(17(18)19)11(16-12(13-2)14-8)15-9-6-4-3-5-7-9/h9H,3-7H2,1-2H3,(H2,13,14,15,16). The molecule has 0 unspecified atom stereocenters. The molecule has 1 aromatic heterocycles. The maximum absolute atomic E-state index is 11.1. The molecule has 2 N–H and O–H groups in total. The number of aryl methyl sites for hydroxylation is 1. The minimum Gasteiger partial charge on any atom is -0.361 e. The molecule has 0 aliphatic heterocycles. The minimum atomic E-state index is -0.417. The second-order valence-electron chi connectivity index (χ2n) is 4.82. The van der Waals surface area contributed by atoms with Crippen LogP contribution in [0, 0.1) is 17.0 Å². The van der Waals surface area contributed by atoms with Crippen LogP contribution in [0.3, 0.4) is 0 Å². The summed E-state index contributed by atoms with van der Waals surface area (Å²) in [5, 5.41) is 17.2. The lowest BCUT2D eigenvalue weighted by Crippen LogP contribution is -2.24. The maximum Gasteiger partial charge on any atom is 0.332 e. The van der Waals surface area contributed by atoms with E-state index in [4.69, 9.17) is 0 Å². The number of nitrogens with zero attached hydrogens (tertiary/aromatic N) is 3. The Bertz CT molecular complexity index is 471. The average Bonchev–Trinajstić information content (AvgIpc) is 2.38. The van der Waals surface area contributed by atoms with Crippen molar-refractivity contribution >= 4 is 17.5 Å². The van der Waals surface area contributed by atoms with E-state index in [-0.39, 0.29) is 11.7 Å². The van der Waals surface area contributed by atoms with Gasteiger partial charge in [-0.05, 0) is 19.8 Å². The summed E-state index contributed by atoms with van der Waals surface area (Å²) in [6, 6.07) is 0.270. The van der Waals surface area contributed by atoms with Gasteiger partial charge in [0.2, 0.25) is 11.8 Å². The summed E-state index contributed by atoms with van der Waals surface area (Å²) in [4.78, 5) is 19.0. The highest BCUT2D eigenvalue weighted by Crippen LogP contribution is 2.29. The van der Waals surface area contributed by atoms with Crippen LogP contribution in [-0.4, -0.2) is 28.0 Å². The van der Waals surface area contributed by atoms with E-state index in [9.17, 15) is 10.1 Å². The number of nitro groups is 1. The minimum absolute atomic E-state index is 0.0235. The van der Waals surface area contributed by atoms with Crippen molar-refractivity contribution in [3.05, 3.63) is 15.8 Å². The van der Waals surface area contributed by atoms with Gasteiger partial charge in [-0.2, -0.15) is 4.98 Å². The highest BCUT2D eigenvalue weighted by Gasteiger charge is 2.24. The first-order valence-corrected chi connectivity index (χ1v) is 6.59. The molecule has 2 rings (SSSR count). The van der Waals surface area contributed by atoms with Gasteiger partial charge in [-0.15, -0.1) is 0 Å². The van der Waals surface area contributed by atoms with Crippen molar-refractivity contribution in [2.24, 2.45) is 0 Å². The molecule has 1 heterocycles. The molecule has 1 fully saturated rings. The zero-order chi connectivity index (χ0) is 13.8. The predicted molar refractivity (Wildman–Crippen MR) is 73.5 cm³/mol. The Balaban J connectivity index is 2.29. The fourth-order valence-electron chi connectivity index (χ4n) is 2.44. The van der Waals surface area contributed by atoms with Crippen molar-refractivity contribution in [2.75, 3.05) is 17.7 Å². The highest BCUT2D eigenvalue weighted by molar-refractivity contribution is 5.61. The molecule has 0 spiro atoms. The van der Waals surface area contributed by atoms with Gasteiger partial charge in [0.05, 0.1) is 4.92 Å². The van der Waals surface area contributed by atoms with Crippen LogP contribution in [0.2, 0.25) is 0 Å². The molecule has 0 bridgehead atoms. The molecule has 0 radical (unpaired) electrons. The van der Waals surface area contributed by atoms with Crippen molar-refractivity contribution < 1.29 is 4.92 Å². The molecule has 7 nitrogen and oxygen atoms in total. The molecule has 19 heavy (non-hydrogen) atoms. The number of rotatable bonds is 4. The molecule has 0 saturated heterocycles. The molecule has 1 saturated carbocycles. The van der Waals surface area contributed by atoms with Crippen LogP contribution in [0.25, 0.3) is 0 Å². The van der Waals surface area contributed by atoms with Gasteiger partial charge in [0.15, 0.2) is 0 Å². The third kappa shape index (κ3) is 3.10. The van der Waals surface area contributed by atoms with Crippen LogP contribution >= 0.6 is 0 Å². The van der Waals surface area contributed by atoms with E-state index >= 15 is 0 Å². The number of hydrogen-bond acceptors (Lipinski definition) is 6. The van der Waals surface area contributed by atoms with Gasteiger partial charge in [0.25, 0.3) is 0 Å². The van der Waals surface area contributed by atoms with Crippen molar-refractivity contribution in [3.8, 4) is 0 Å². The van der Waals surface area contributed by atoms with Crippen LogP contribution in [0.1, 0.15) is 37.8 Å². The normalized spacial score (nSPS) is 16.1. The maximum atomic E-state index is 11.1. The van der Waals surface area contributed by atoms with Crippen LogP contribution in [0.15, 0.2) is 0 Å². The van der Waals surface area contributed by atoms with Crippen LogP contribution in [-0.2, 0) is 0 Å². The molecule has 7 heteroatoms. The van der Waals surface area contributed by atoms with Crippen molar-refractivity contribution in [3.63, 3.8) is 0 Å². The first-order chi connectivity index (χ1) is 9.11. The van der Waals surface area contributed by atoms with E-state index in [2.05, 4.69) is 20.6 Å². The third-order valence-corrected chi connectivity index (χ3v) is 3.41. The number of nitrogens with one attached hydrogen (secondary N) is 2. The molecule has 0 amide bonds. The van der Waals surface area contributed by atoms with Crippen molar-refractivity contribution in [1.82, 2.24) is 9.97 Å². The van der Waals surface area contributed by atoms with Crippen molar-refractivity contribution in [2.45, 2.75) is 45.1 Å². The fourth-order valence-corrected chi connectivity index (χ4v) is 2.44. The zero-order valence-electron chi connectivity index (χ0n) is 11.3. The molecular formula is C12H19N5O2. The van der Waals surface area contributed by atoms with E-state index in [1.807, 2.05) is 0 Å². The number of anilines is 2. The van der Waals surface area contributed by atoms with Crippen LogP contribution < -0.4 is 10.6 Å². The lowest BCUT2D eigenvalue weighted by atomic mass is 9.95. The highest BCUT2D eigenvalue weighted by atomic mass is 16.6. The van der Waals surface area contributed by atoms with Gasteiger partial charge in [-0.25, -0.2) is 4.98 Å². The van der Waals surface area contributed by atoms with Gasteiger partial charge in [-0.1, -0.05) is 19.3 Å². The molecule has 104 valence electrons. The van der Waals surface area contributed by atoms with Gasteiger partial charge < -0.3 is 10.6 Å². The largest absolute Gasteiger partial charge is 0.361 e. The predicted octanol–water partition coefficient (Wildman–Crippen LogP) is 2.48. The summed E-state index contributed by atoms with van der Waals surface area (Å²) in [5.41, 5.74) is 0.354. The molecule has 1 aliphatic carbocycles. The lowest BCUT2D eigenvalue weighted by Gasteiger charge is -2.23. The van der Waals surface area contributed by atoms with E-state index in [1.165, 1.54) is 6.42 Å². The van der Waals surface area contributed by atoms with Gasteiger partial charge in [-0.3, -0.25) is 10.1 Å². The summed E-state index contributed by atoms with van der Waals surface area (Å²) in [7, 11) is 1.70. The quantitative estimate of drug-likeness (QED) is 0.641. The van der Waals surface area contributed by atoms with E-state index in [0.717, 1.165) is 25.7 Å². The third-order valence-electron chi connectivity index (χ3n) is 3.41. The molecule has 1 aliphatic rings. The first-order valence-electron chi connectivity index (χ1n) is 6.59. The molecule has 1 aromatic rings. The second kappa shape index (κ2) is 5.81. The van der Waals surface area contributed by atoms with Gasteiger partial charge >= 0.3 is 5.69 Å². The number of hydrogen-bond donors (Lipinski definition) is 2. The Morgan fingerprint density at radius 1 is 1.26 bits per heavy atom. The van der Waals surface area contributed by atoms with E-state index in [0.29, 0.717) is 17.5 Å². The lowest BCUT2D eigenvalue weighted by molar-refractivity contribution is -0.385. The van der Waals surface area contributed by atoms with Crippen LogP contribution in [0.5, 0.6) is 0 Å². The Kier molecular flexibility index (Phi) is 4.13. The number of aromatic nitrogens is 2. The van der Waals surface area contributed by atoms with Gasteiger partial charge in [0.1, 0.15) is 5.69 Å². The summed E-state index contributed by atoms with van der Waals surface area (Å²) in [6.45, 7) is 1.63. The molecule has 0 atom stereocenters. The summed E-state index contributed by atoms with van der Waals surface area (Å²) in [5.74, 6) is 0.732. The first kappa shape index (κ1) is 13.5. The summed E-state index contributed by atoms with van der Waals surface area (Å²) in [6.07, 6.45) is 5.64. The average molecular weight is 265 g/mol. The molecular weight excluding hydrogens is 246 g/mol. The summed E-state index contributed by atoms with van der Waals surface area (Å²) < 4.78 is 0. The monoisotopic (exact) mass is 265 g/mol. The van der Waals surface area contributed by atoms with Crippen LogP contribution in [0.4, 0.5) is 17.5 Å². The van der Waals surface area contributed by atoms with E-state index < -0.39 is 4.92 Å². The second-order valence-corrected chi connectivity index (χ2v) is 4.82. The Labute approximate surface area is 112 Å². The van der Waals surface area contributed by atoms with Crippen molar-refractivity contribution in [1.29, 1.82) is 0 Å². The Morgan fingerprint density at radius 2 is 1.95 bits per heavy atom. The zero-order valence-corrected chi connectivity index (χ0v) is 11.3. The Hall–Kier alpha value is -1.92. The van der Waals surface area contributed by atoms with Gasteiger partial charge in [0, 0.05) is 13.1 Å². The smallest absolute Gasteiger partial charge is 0.332 e. The molecule has 0 aromatic carbocycles. The SMILES string of the molecule is CNc1nc(C)c([N+](=O)[O-])c(NC2CCCCC2)n1. The topological polar surface area (TPSA) is 93.0 Å².